The molecule has 4 atom stereocenters. The van der Waals surface area contributed by atoms with Crippen LogP contribution in [0.2, 0.25) is 0 Å². The normalized spacial score (nSPS) is 35.8. The van der Waals surface area contributed by atoms with Crippen molar-refractivity contribution in [1.29, 1.82) is 0 Å². The number of carbonyl (C=O) groups is 1. The number of rotatable bonds is 1. The Labute approximate surface area is 157 Å². The highest BCUT2D eigenvalue weighted by Gasteiger charge is 2.40. The Kier molecular flexibility index (Phi) is 4.18. The lowest BCUT2D eigenvalue weighted by molar-refractivity contribution is -0.146. The first-order valence-electron chi connectivity index (χ1n) is 10.7. The summed E-state index contributed by atoms with van der Waals surface area (Å²) >= 11 is 0. The zero-order valence-electron chi connectivity index (χ0n) is 15.9. The number of ether oxygens (including phenoxy) is 1. The molecule has 0 amide bonds. The predicted octanol–water partition coefficient (Wildman–Crippen LogP) is 5.67. The average Bonchev–Trinajstić information content (AvgIpc) is 2.71. The summed E-state index contributed by atoms with van der Waals surface area (Å²) in [5.41, 5.74) is 8.14. The summed E-state index contributed by atoms with van der Waals surface area (Å²) in [5, 5.41) is 0. The summed E-state index contributed by atoms with van der Waals surface area (Å²) in [6, 6.07) is 0. The van der Waals surface area contributed by atoms with Gasteiger partial charge in [0.05, 0.1) is 13.0 Å². The van der Waals surface area contributed by atoms with Crippen molar-refractivity contribution in [2.24, 2.45) is 23.7 Å². The van der Waals surface area contributed by atoms with Gasteiger partial charge in [-0.25, -0.2) is 0 Å². The van der Waals surface area contributed by atoms with Crippen LogP contribution in [0.5, 0.6) is 0 Å². The predicted molar refractivity (Wildman–Crippen MR) is 103 cm³/mol. The molecule has 1 fully saturated rings. The summed E-state index contributed by atoms with van der Waals surface area (Å²) in [6.07, 6.45) is 19.8. The van der Waals surface area contributed by atoms with E-state index >= 15 is 0 Å². The van der Waals surface area contributed by atoms with Crippen LogP contribution in [-0.2, 0) is 9.53 Å². The molecule has 26 heavy (non-hydrogen) atoms. The first-order chi connectivity index (χ1) is 12.8. The van der Waals surface area contributed by atoms with Gasteiger partial charge < -0.3 is 4.74 Å². The molecule has 5 aliphatic rings. The van der Waals surface area contributed by atoms with Crippen LogP contribution >= 0.6 is 0 Å². The van der Waals surface area contributed by atoms with Crippen molar-refractivity contribution in [3.05, 3.63) is 46.1 Å². The molecular weight excluding hydrogens is 320 g/mol. The highest BCUT2D eigenvalue weighted by molar-refractivity contribution is 5.73. The third-order valence-electron chi connectivity index (χ3n) is 7.74. The maximum Gasteiger partial charge on any atom is 0.308 e. The molecule has 5 aliphatic carbocycles. The van der Waals surface area contributed by atoms with Gasteiger partial charge in [-0.05, 0) is 92.8 Å². The zero-order chi connectivity index (χ0) is 17.7. The van der Waals surface area contributed by atoms with Gasteiger partial charge in [-0.15, -0.1) is 0 Å². The molecule has 5 rings (SSSR count). The van der Waals surface area contributed by atoms with Crippen LogP contribution in [-0.4, -0.2) is 13.1 Å². The fourth-order valence-electron chi connectivity index (χ4n) is 6.44. The van der Waals surface area contributed by atoms with E-state index in [4.69, 9.17) is 4.74 Å². The van der Waals surface area contributed by atoms with Crippen molar-refractivity contribution in [1.82, 2.24) is 0 Å². The molecule has 4 unspecified atom stereocenters. The van der Waals surface area contributed by atoms with Gasteiger partial charge in [0.15, 0.2) is 0 Å². The Morgan fingerprint density at radius 2 is 1.88 bits per heavy atom. The zero-order valence-corrected chi connectivity index (χ0v) is 15.9. The second kappa shape index (κ2) is 6.55. The van der Waals surface area contributed by atoms with Crippen LogP contribution in [0, 0.1) is 23.7 Å². The van der Waals surface area contributed by atoms with Crippen LogP contribution in [0.25, 0.3) is 0 Å². The third kappa shape index (κ3) is 2.56. The molecule has 0 saturated heterocycles. The van der Waals surface area contributed by atoms with E-state index < -0.39 is 0 Å². The van der Waals surface area contributed by atoms with Gasteiger partial charge >= 0.3 is 5.97 Å². The molecule has 0 aliphatic heterocycles. The highest BCUT2D eigenvalue weighted by atomic mass is 16.5. The monoisotopic (exact) mass is 350 g/mol. The summed E-state index contributed by atoms with van der Waals surface area (Å²) < 4.78 is 5.05. The minimum absolute atomic E-state index is 0.00811. The number of hydrogen-bond acceptors (Lipinski definition) is 2. The summed E-state index contributed by atoms with van der Waals surface area (Å²) in [5.74, 6) is 2.22. The van der Waals surface area contributed by atoms with E-state index in [1.807, 2.05) is 0 Å². The number of methoxy groups -OCH3 is 1. The molecule has 0 bridgehead atoms. The topological polar surface area (TPSA) is 26.3 Å². The molecule has 0 radical (unpaired) electrons. The minimum Gasteiger partial charge on any atom is -0.469 e. The Hall–Kier alpha value is -1.57. The lowest BCUT2D eigenvalue weighted by Gasteiger charge is -2.43. The minimum atomic E-state index is -0.00811. The molecule has 1 saturated carbocycles. The Bertz CT molecular complexity index is 748. The molecule has 2 nitrogen and oxygen atoms in total. The van der Waals surface area contributed by atoms with Crippen LogP contribution in [0.4, 0.5) is 0 Å². The Morgan fingerprint density at radius 1 is 1.00 bits per heavy atom. The molecule has 0 N–H and O–H groups in total. The van der Waals surface area contributed by atoms with Gasteiger partial charge in [-0.1, -0.05) is 29.4 Å². The van der Waals surface area contributed by atoms with Gasteiger partial charge in [0.25, 0.3) is 0 Å². The fourth-order valence-corrected chi connectivity index (χ4v) is 6.44. The molecule has 0 spiro atoms. The van der Waals surface area contributed by atoms with E-state index in [2.05, 4.69) is 18.2 Å². The Balaban J connectivity index is 1.50. The lowest BCUT2D eigenvalue weighted by atomic mass is 9.61. The van der Waals surface area contributed by atoms with E-state index in [0.717, 1.165) is 25.2 Å². The van der Waals surface area contributed by atoms with Crippen molar-refractivity contribution < 1.29 is 9.53 Å². The smallest absolute Gasteiger partial charge is 0.308 e. The van der Waals surface area contributed by atoms with Crippen LogP contribution in [0.3, 0.4) is 0 Å². The standard InChI is InChI=1S/C24H30O2/c1-26-24(25)17-7-6-16-9-11-21-20-10-8-15-4-2-3-5-18(15)19(20)12-13-22(21)23(16)14-17/h5,12-13,15-17,21H,2-4,6-11,14H2,1H3. The summed E-state index contributed by atoms with van der Waals surface area (Å²) in [6.45, 7) is 0. The van der Waals surface area contributed by atoms with E-state index in [-0.39, 0.29) is 11.9 Å². The number of carbonyl (C=O) groups excluding carboxylic acids is 1. The summed E-state index contributed by atoms with van der Waals surface area (Å²) in [7, 11) is 1.53. The largest absolute Gasteiger partial charge is 0.469 e. The van der Waals surface area contributed by atoms with Crippen LogP contribution < -0.4 is 0 Å². The maximum absolute atomic E-state index is 12.1. The quantitative estimate of drug-likeness (QED) is 0.570. The second-order valence-corrected chi connectivity index (χ2v) is 8.91. The van der Waals surface area contributed by atoms with Gasteiger partial charge in [0.1, 0.15) is 0 Å². The first-order valence-corrected chi connectivity index (χ1v) is 10.7. The maximum atomic E-state index is 12.1. The lowest BCUT2D eigenvalue weighted by Crippen LogP contribution is -2.31. The molecule has 0 aromatic rings. The van der Waals surface area contributed by atoms with E-state index in [1.54, 1.807) is 27.9 Å². The fraction of sp³-hybridized carbons (Fsp3) is 0.625. The molecule has 2 heteroatoms. The molecule has 0 aromatic heterocycles. The first kappa shape index (κ1) is 16.6. The second-order valence-electron chi connectivity index (χ2n) is 8.91. The van der Waals surface area contributed by atoms with Crippen molar-refractivity contribution in [3.63, 3.8) is 0 Å². The van der Waals surface area contributed by atoms with Crippen LogP contribution in [0.1, 0.15) is 64.2 Å². The van der Waals surface area contributed by atoms with Gasteiger partial charge in [0.2, 0.25) is 0 Å². The van der Waals surface area contributed by atoms with Gasteiger partial charge in [-0.2, -0.15) is 0 Å². The third-order valence-corrected chi connectivity index (χ3v) is 7.74. The van der Waals surface area contributed by atoms with E-state index in [0.29, 0.717) is 11.8 Å². The number of hydrogen-bond donors (Lipinski definition) is 0. The van der Waals surface area contributed by atoms with Crippen LogP contribution in [0.15, 0.2) is 46.1 Å². The van der Waals surface area contributed by atoms with Gasteiger partial charge in [-0.3, -0.25) is 4.79 Å². The molecule has 0 heterocycles. The average molecular weight is 351 g/mol. The SMILES string of the molecule is COC(=O)C1CCC2CCC3C(=C2C1)C=CC1=C3CCC2CCCC=C12. The van der Waals surface area contributed by atoms with Crippen molar-refractivity contribution >= 4 is 5.97 Å². The summed E-state index contributed by atoms with van der Waals surface area (Å²) in [4.78, 5) is 12.1. The number of allylic oxidation sites excluding steroid dienone is 8. The van der Waals surface area contributed by atoms with Gasteiger partial charge in [0, 0.05) is 5.92 Å². The molecular formula is C24H30O2. The van der Waals surface area contributed by atoms with E-state index in [1.165, 1.54) is 52.1 Å². The molecule has 138 valence electrons. The van der Waals surface area contributed by atoms with Crippen molar-refractivity contribution in [3.8, 4) is 0 Å². The van der Waals surface area contributed by atoms with Crippen molar-refractivity contribution in [2.45, 2.75) is 64.2 Å². The van der Waals surface area contributed by atoms with E-state index in [9.17, 15) is 4.79 Å². The van der Waals surface area contributed by atoms with Crippen molar-refractivity contribution in [2.75, 3.05) is 7.11 Å². The number of esters is 1. The Morgan fingerprint density at radius 3 is 2.77 bits per heavy atom. The number of fused-ring (bicyclic) bond motifs is 5. The highest BCUT2D eigenvalue weighted by Crippen LogP contribution is 2.53. The molecule has 0 aromatic carbocycles.